The average molecular weight is 255 g/mol. The van der Waals surface area contributed by atoms with Crippen LogP contribution < -0.4 is 16.4 Å². The number of hydrogen-bond acceptors (Lipinski definition) is 5. The van der Waals surface area contributed by atoms with Crippen molar-refractivity contribution in [2.75, 3.05) is 39.3 Å². The molecule has 0 aromatic heterocycles. The summed E-state index contributed by atoms with van der Waals surface area (Å²) < 4.78 is 0. The molecule has 7 heteroatoms. The Bertz CT molecular complexity index is 323. The topological polar surface area (TPSA) is 90.7 Å². The van der Waals surface area contributed by atoms with Crippen molar-refractivity contribution in [1.29, 1.82) is 0 Å². The van der Waals surface area contributed by atoms with E-state index in [2.05, 4.69) is 20.4 Å². The molecule has 2 rings (SSSR count). The summed E-state index contributed by atoms with van der Waals surface area (Å²) in [5.41, 5.74) is 4.93. The minimum Gasteiger partial charge on any atom is -0.351 e. The molecule has 0 saturated carbocycles. The van der Waals surface area contributed by atoms with Crippen LogP contribution in [0.15, 0.2) is 0 Å². The smallest absolute Gasteiger partial charge is 0.318 e. The van der Waals surface area contributed by atoms with Crippen LogP contribution in [-0.2, 0) is 4.79 Å². The van der Waals surface area contributed by atoms with Gasteiger partial charge in [0.2, 0.25) is 5.91 Å². The molecule has 0 aromatic rings. The van der Waals surface area contributed by atoms with Crippen LogP contribution in [0.3, 0.4) is 0 Å². The molecule has 2 aliphatic rings. The molecule has 18 heavy (non-hydrogen) atoms. The second-order valence-electron chi connectivity index (χ2n) is 4.92. The van der Waals surface area contributed by atoms with Gasteiger partial charge in [-0.3, -0.25) is 19.9 Å². The Morgan fingerprint density at radius 1 is 1.33 bits per heavy atom. The van der Waals surface area contributed by atoms with E-state index in [1.165, 1.54) is 0 Å². The number of rotatable bonds is 3. The van der Waals surface area contributed by atoms with Crippen molar-refractivity contribution >= 4 is 11.9 Å². The first kappa shape index (κ1) is 13.3. The van der Waals surface area contributed by atoms with Crippen LogP contribution in [0.2, 0.25) is 0 Å². The van der Waals surface area contributed by atoms with Gasteiger partial charge in [-0.2, -0.15) is 0 Å². The molecule has 1 unspecified atom stereocenters. The predicted octanol–water partition coefficient (Wildman–Crippen LogP) is -1.84. The molecule has 102 valence electrons. The molecule has 2 fully saturated rings. The second-order valence-corrected chi connectivity index (χ2v) is 4.92. The fourth-order valence-corrected chi connectivity index (χ4v) is 2.47. The van der Waals surface area contributed by atoms with Crippen LogP contribution in [0.25, 0.3) is 0 Å². The molecule has 7 nitrogen and oxygen atoms in total. The average Bonchev–Trinajstić information content (AvgIpc) is 2.27. The number of urea groups is 1. The van der Waals surface area contributed by atoms with E-state index in [4.69, 9.17) is 5.73 Å². The van der Waals surface area contributed by atoms with Gasteiger partial charge >= 0.3 is 6.03 Å². The summed E-state index contributed by atoms with van der Waals surface area (Å²) in [6.07, 6.45) is 0. The molecule has 2 heterocycles. The van der Waals surface area contributed by atoms with Crippen molar-refractivity contribution in [3.8, 4) is 0 Å². The molecule has 0 spiro atoms. The highest BCUT2D eigenvalue weighted by molar-refractivity contribution is 5.96. The third-order valence-corrected chi connectivity index (χ3v) is 3.73. The zero-order chi connectivity index (χ0) is 13.1. The second kappa shape index (κ2) is 5.64. The summed E-state index contributed by atoms with van der Waals surface area (Å²) in [6.45, 7) is 7.77. The van der Waals surface area contributed by atoms with Gasteiger partial charge in [-0.1, -0.05) is 0 Å². The molecule has 0 radical (unpaired) electrons. The lowest BCUT2D eigenvalue weighted by Crippen LogP contribution is -2.66. The van der Waals surface area contributed by atoms with Crippen LogP contribution in [0.4, 0.5) is 4.79 Å². The summed E-state index contributed by atoms with van der Waals surface area (Å²) in [5.74, 6) is -0.318. The van der Waals surface area contributed by atoms with Gasteiger partial charge in [-0.05, 0) is 6.92 Å². The van der Waals surface area contributed by atoms with Crippen molar-refractivity contribution < 1.29 is 9.59 Å². The van der Waals surface area contributed by atoms with Crippen LogP contribution in [0.1, 0.15) is 6.92 Å². The number of nitrogens with one attached hydrogen (secondary N) is 2. The Morgan fingerprint density at radius 3 is 2.50 bits per heavy atom. The SMILES string of the molecule is CC(C(=O)NC(N)=O)N1CC(N2CCNCC2)C1. The van der Waals surface area contributed by atoms with Crippen LogP contribution in [0.5, 0.6) is 0 Å². The van der Waals surface area contributed by atoms with E-state index in [1.54, 1.807) is 6.92 Å². The molecular formula is C11H21N5O2. The number of likely N-dealkylation sites (tertiary alicyclic amines) is 1. The Labute approximate surface area is 107 Å². The molecule has 2 saturated heterocycles. The highest BCUT2D eigenvalue weighted by Gasteiger charge is 2.37. The van der Waals surface area contributed by atoms with Crippen molar-refractivity contribution in [2.45, 2.75) is 19.0 Å². The molecule has 4 N–H and O–H groups in total. The molecule has 0 aromatic carbocycles. The van der Waals surface area contributed by atoms with E-state index < -0.39 is 6.03 Å². The fraction of sp³-hybridized carbons (Fsp3) is 0.818. The summed E-state index contributed by atoms with van der Waals surface area (Å²) in [6, 6.07) is -0.543. The fourth-order valence-electron chi connectivity index (χ4n) is 2.47. The molecular weight excluding hydrogens is 234 g/mol. The van der Waals surface area contributed by atoms with Gasteiger partial charge in [0.05, 0.1) is 6.04 Å². The normalized spacial score (nSPS) is 24.3. The van der Waals surface area contributed by atoms with Crippen molar-refractivity contribution in [3.63, 3.8) is 0 Å². The maximum Gasteiger partial charge on any atom is 0.318 e. The zero-order valence-corrected chi connectivity index (χ0v) is 10.7. The standard InChI is InChI=1S/C11H21N5O2/c1-8(10(17)14-11(12)18)16-6-9(7-16)15-4-2-13-3-5-15/h8-9,13H,2-7H2,1H3,(H3,12,14,17,18). The Morgan fingerprint density at radius 2 is 1.94 bits per heavy atom. The van der Waals surface area contributed by atoms with E-state index in [0.717, 1.165) is 39.3 Å². The Balaban J connectivity index is 1.74. The molecule has 1 atom stereocenters. The molecule has 2 aliphatic heterocycles. The van der Waals surface area contributed by atoms with E-state index in [0.29, 0.717) is 6.04 Å². The minimum absolute atomic E-state index is 0.295. The first-order valence-electron chi connectivity index (χ1n) is 6.37. The lowest BCUT2D eigenvalue weighted by atomic mass is 10.0. The monoisotopic (exact) mass is 255 g/mol. The lowest BCUT2D eigenvalue weighted by molar-refractivity contribution is -0.128. The molecule has 0 aliphatic carbocycles. The third kappa shape index (κ3) is 2.98. The number of carbonyl (C=O) groups is 2. The van der Waals surface area contributed by atoms with E-state index >= 15 is 0 Å². The first-order chi connectivity index (χ1) is 8.58. The summed E-state index contributed by atoms with van der Waals surface area (Å²) >= 11 is 0. The molecule has 3 amide bonds. The Hall–Kier alpha value is -1.18. The van der Waals surface area contributed by atoms with Gasteiger partial charge in [0.1, 0.15) is 0 Å². The maximum absolute atomic E-state index is 11.6. The Kier molecular flexibility index (Phi) is 4.15. The third-order valence-electron chi connectivity index (χ3n) is 3.73. The number of primary amides is 1. The van der Waals surface area contributed by atoms with Crippen molar-refractivity contribution in [3.05, 3.63) is 0 Å². The van der Waals surface area contributed by atoms with Crippen molar-refractivity contribution in [2.24, 2.45) is 5.73 Å². The van der Waals surface area contributed by atoms with Crippen molar-refractivity contribution in [1.82, 2.24) is 20.4 Å². The van der Waals surface area contributed by atoms with Gasteiger partial charge in [-0.15, -0.1) is 0 Å². The predicted molar refractivity (Wildman–Crippen MR) is 67.0 cm³/mol. The first-order valence-corrected chi connectivity index (χ1v) is 6.37. The maximum atomic E-state index is 11.6. The quantitative estimate of drug-likeness (QED) is 0.551. The zero-order valence-electron chi connectivity index (χ0n) is 10.7. The summed E-state index contributed by atoms with van der Waals surface area (Å²) in [5, 5.41) is 5.44. The van der Waals surface area contributed by atoms with Gasteiger partial charge in [0, 0.05) is 45.3 Å². The lowest BCUT2D eigenvalue weighted by Gasteiger charge is -2.48. The van der Waals surface area contributed by atoms with E-state index in [1.807, 2.05) is 0 Å². The minimum atomic E-state index is -0.786. The number of carbonyl (C=O) groups excluding carboxylic acids is 2. The number of hydrogen-bond donors (Lipinski definition) is 3. The van der Waals surface area contributed by atoms with Gasteiger partial charge in [0.25, 0.3) is 0 Å². The van der Waals surface area contributed by atoms with E-state index in [9.17, 15) is 9.59 Å². The summed E-state index contributed by atoms with van der Waals surface area (Å²) in [7, 11) is 0. The van der Waals surface area contributed by atoms with Gasteiger partial charge < -0.3 is 11.1 Å². The van der Waals surface area contributed by atoms with Crippen LogP contribution in [0, 0.1) is 0 Å². The van der Waals surface area contributed by atoms with Crippen LogP contribution >= 0.6 is 0 Å². The summed E-state index contributed by atoms with van der Waals surface area (Å²) in [4.78, 5) is 26.7. The number of nitrogens with zero attached hydrogens (tertiary/aromatic N) is 2. The number of amides is 3. The largest absolute Gasteiger partial charge is 0.351 e. The molecule has 0 bridgehead atoms. The van der Waals surface area contributed by atoms with Gasteiger partial charge in [-0.25, -0.2) is 4.79 Å². The van der Waals surface area contributed by atoms with Crippen LogP contribution in [-0.4, -0.2) is 73.1 Å². The number of piperazine rings is 1. The highest BCUT2D eigenvalue weighted by Crippen LogP contribution is 2.18. The van der Waals surface area contributed by atoms with Gasteiger partial charge in [0.15, 0.2) is 0 Å². The number of imide groups is 1. The van der Waals surface area contributed by atoms with E-state index in [-0.39, 0.29) is 11.9 Å². The highest BCUT2D eigenvalue weighted by atomic mass is 16.2. The number of nitrogens with two attached hydrogens (primary N) is 1.